The van der Waals surface area contributed by atoms with Gasteiger partial charge in [0, 0.05) is 46.5 Å². The molecule has 0 radical (unpaired) electrons. The molecule has 0 aromatic heterocycles. The normalized spacial score (nSPS) is 11.1. The van der Waals surface area contributed by atoms with E-state index < -0.39 is 11.2 Å². The Morgan fingerprint density at radius 1 is 0.265 bits per heavy atom. The summed E-state index contributed by atoms with van der Waals surface area (Å²) in [6, 6.07) is 57.4. The Labute approximate surface area is 398 Å². The second-order valence-electron chi connectivity index (χ2n) is 15.6. The Morgan fingerprint density at radius 2 is 0.500 bits per heavy atom. The van der Waals surface area contributed by atoms with E-state index in [4.69, 9.17) is 37.9 Å². The maximum absolute atomic E-state index is 12.5. The van der Waals surface area contributed by atoms with Crippen LogP contribution >= 0.6 is 0 Å². The van der Waals surface area contributed by atoms with Crippen molar-refractivity contribution in [2.45, 2.75) is 11.2 Å². The molecule has 8 aromatic carbocycles. The predicted octanol–water partition coefficient (Wildman–Crippen LogP) is 11.3. The molecule has 0 saturated heterocycles. The van der Waals surface area contributed by atoms with Crippen molar-refractivity contribution in [3.8, 4) is 68.2 Å². The Balaban J connectivity index is 0.000000201. The number of rotatable bonds is 16. The maximum Gasteiger partial charge on any atom is 0.147 e. The van der Waals surface area contributed by atoms with E-state index in [9.17, 15) is 10.2 Å². The summed E-state index contributed by atoms with van der Waals surface area (Å²) in [6.45, 7) is 0. The van der Waals surface area contributed by atoms with Crippen LogP contribution in [0.25, 0.3) is 22.3 Å². The molecule has 8 aromatic rings. The fourth-order valence-electron chi connectivity index (χ4n) is 8.37. The zero-order valence-electron chi connectivity index (χ0n) is 39.5. The molecule has 0 unspecified atom stereocenters. The van der Waals surface area contributed by atoms with Gasteiger partial charge < -0.3 is 48.1 Å². The Hall–Kier alpha value is -7.92. The van der Waals surface area contributed by atoms with E-state index in [0.717, 1.165) is 22.3 Å². The topological polar surface area (TPSA) is 114 Å². The molecular formula is C58H56O10. The highest BCUT2D eigenvalue weighted by molar-refractivity contribution is 5.67. The van der Waals surface area contributed by atoms with Gasteiger partial charge in [0.1, 0.15) is 57.2 Å². The van der Waals surface area contributed by atoms with E-state index in [1.165, 1.54) is 0 Å². The minimum absolute atomic E-state index is 0.492. The van der Waals surface area contributed by atoms with Crippen molar-refractivity contribution >= 4 is 0 Å². The summed E-state index contributed by atoms with van der Waals surface area (Å²) in [5.74, 6) is 4.48. The number of hydrogen-bond acceptors (Lipinski definition) is 10. The molecule has 0 saturated carbocycles. The van der Waals surface area contributed by atoms with Gasteiger partial charge in [0.2, 0.25) is 0 Å². The van der Waals surface area contributed by atoms with Gasteiger partial charge in [-0.3, -0.25) is 0 Å². The third kappa shape index (κ3) is 9.64. The van der Waals surface area contributed by atoms with Gasteiger partial charge in [-0.1, -0.05) is 109 Å². The molecule has 0 fully saturated rings. The first kappa shape index (κ1) is 48.0. The Bertz CT molecular complexity index is 2590. The first-order valence-corrected chi connectivity index (χ1v) is 21.8. The van der Waals surface area contributed by atoms with Gasteiger partial charge in [-0.05, 0) is 81.9 Å². The molecule has 0 amide bonds. The predicted molar refractivity (Wildman–Crippen MR) is 266 cm³/mol. The van der Waals surface area contributed by atoms with Crippen molar-refractivity contribution in [1.29, 1.82) is 0 Å². The average molecular weight is 913 g/mol. The van der Waals surface area contributed by atoms with Crippen LogP contribution in [0.5, 0.6) is 46.0 Å². The van der Waals surface area contributed by atoms with Crippen LogP contribution in [0.1, 0.15) is 33.4 Å². The van der Waals surface area contributed by atoms with Gasteiger partial charge in [-0.25, -0.2) is 0 Å². The molecule has 10 nitrogen and oxygen atoms in total. The first-order valence-electron chi connectivity index (χ1n) is 21.8. The van der Waals surface area contributed by atoms with Crippen LogP contribution in [0, 0.1) is 0 Å². The van der Waals surface area contributed by atoms with Crippen LogP contribution in [-0.2, 0) is 11.2 Å². The van der Waals surface area contributed by atoms with E-state index in [2.05, 4.69) is 24.3 Å². The summed E-state index contributed by atoms with van der Waals surface area (Å²) >= 11 is 0. The van der Waals surface area contributed by atoms with Gasteiger partial charge >= 0.3 is 0 Å². The van der Waals surface area contributed by atoms with Crippen LogP contribution in [-0.4, -0.2) is 67.1 Å². The number of hydrogen-bond donors (Lipinski definition) is 2. The zero-order chi connectivity index (χ0) is 48.3. The summed E-state index contributed by atoms with van der Waals surface area (Å²) in [7, 11) is 12.7. The van der Waals surface area contributed by atoms with E-state index in [0.29, 0.717) is 79.4 Å². The summed E-state index contributed by atoms with van der Waals surface area (Å²) in [4.78, 5) is 0. The molecule has 68 heavy (non-hydrogen) atoms. The van der Waals surface area contributed by atoms with Crippen LogP contribution < -0.4 is 37.9 Å². The summed E-state index contributed by atoms with van der Waals surface area (Å²) in [5, 5.41) is 25.0. The largest absolute Gasteiger partial charge is 0.497 e. The fourth-order valence-corrected chi connectivity index (χ4v) is 8.37. The summed E-state index contributed by atoms with van der Waals surface area (Å²) < 4.78 is 44.2. The molecule has 348 valence electrons. The van der Waals surface area contributed by atoms with Gasteiger partial charge in [-0.2, -0.15) is 0 Å². The molecule has 8 rings (SSSR count). The lowest BCUT2D eigenvalue weighted by Crippen LogP contribution is -2.30. The van der Waals surface area contributed by atoms with Crippen LogP contribution in [0.2, 0.25) is 0 Å². The van der Waals surface area contributed by atoms with E-state index in [1.54, 1.807) is 105 Å². The third-order valence-corrected chi connectivity index (χ3v) is 12.0. The number of methoxy groups -OCH3 is 8. The van der Waals surface area contributed by atoms with Gasteiger partial charge in [-0.15, -0.1) is 0 Å². The molecule has 0 heterocycles. The van der Waals surface area contributed by atoms with E-state index in [-0.39, 0.29) is 0 Å². The Kier molecular flexibility index (Phi) is 15.2. The van der Waals surface area contributed by atoms with Gasteiger partial charge in [0.15, 0.2) is 0 Å². The molecule has 0 atom stereocenters. The van der Waals surface area contributed by atoms with Crippen LogP contribution in [0.3, 0.4) is 0 Å². The number of ether oxygens (including phenoxy) is 8. The molecular weight excluding hydrogens is 857 g/mol. The van der Waals surface area contributed by atoms with E-state index in [1.807, 2.05) is 109 Å². The summed E-state index contributed by atoms with van der Waals surface area (Å²) in [6.07, 6.45) is 0. The van der Waals surface area contributed by atoms with Crippen molar-refractivity contribution in [2.75, 3.05) is 56.9 Å². The number of benzene rings is 8. The minimum Gasteiger partial charge on any atom is -0.497 e. The highest BCUT2D eigenvalue weighted by atomic mass is 16.5. The standard InChI is InChI=1S/2C29H28O5/c2*1-31-23-14-16-25(27(18-23)33-3)29(30,26-17-15-24(32-2)19-28(26)34-4)22-12-10-21(11-13-22)20-8-6-5-7-9-20/h2*5-19,30H,1-4H3. The SMILES string of the molecule is COc1ccc(C(O)(c2ccc(-c3ccccc3)cc2)c2ccc(OC)cc2OC)c(OC)c1.COc1ccc(C(O)(c2ccc(-c3ccccc3)cc2)c2ccc(OC)cc2OC)c(OC)c1. The zero-order valence-corrected chi connectivity index (χ0v) is 39.5. The maximum atomic E-state index is 12.5. The highest BCUT2D eigenvalue weighted by Crippen LogP contribution is 2.48. The molecule has 0 bridgehead atoms. The molecule has 2 N–H and O–H groups in total. The lowest BCUT2D eigenvalue weighted by Gasteiger charge is -2.33. The lowest BCUT2D eigenvalue weighted by atomic mass is 9.79. The molecule has 0 aliphatic carbocycles. The fraction of sp³-hybridized carbons (Fsp3) is 0.172. The lowest BCUT2D eigenvalue weighted by molar-refractivity contribution is 0.118. The molecule has 0 spiro atoms. The smallest absolute Gasteiger partial charge is 0.147 e. The summed E-state index contributed by atoms with van der Waals surface area (Å²) in [5.41, 5.74) is 4.72. The second-order valence-corrected chi connectivity index (χ2v) is 15.6. The van der Waals surface area contributed by atoms with Crippen LogP contribution in [0.15, 0.2) is 182 Å². The third-order valence-electron chi connectivity index (χ3n) is 12.0. The second kappa shape index (κ2) is 21.6. The van der Waals surface area contributed by atoms with Crippen molar-refractivity contribution in [1.82, 2.24) is 0 Å². The Morgan fingerprint density at radius 3 is 0.721 bits per heavy atom. The first-order chi connectivity index (χ1) is 33.1. The van der Waals surface area contributed by atoms with Crippen molar-refractivity contribution in [2.24, 2.45) is 0 Å². The molecule has 0 aliphatic rings. The van der Waals surface area contributed by atoms with Gasteiger partial charge in [0.05, 0.1) is 56.9 Å². The van der Waals surface area contributed by atoms with E-state index >= 15 is 0 Å². The van der Waals surface area contributed by atoms with Gasteiger partial charge in [0.25, 0.3) is 0 Å². The van der Waals surface area contributed by atoms with Crippen LogP contribution in [0.4, 0.5) is 0 Å². The highest BCUT2D eigenvalue weighted by Gasteiger charge is 2.41. The van der Waals surface area contributed by atoms with Crippen molar-refractivity contribution < 1.29 is 48.1 Å². The quantitative estimate of drug-likeness (QED) is 0.0908. The molecule has 0 aliphatic heterocycles. The minimum atomic E-state index is -1.58. The van der Waals surface area contributed by atoms with Crippen molar-refractivity contribution in [3.63, 3.8) is 0 Å². The van der Waals surface area contributed by atoms with Crippen molar-refractivity contribution in [3.05, 3.63) is 215 Å². The molecule has 10 heteroatoms. The average Bonchev–Trinajstić information content (AvgIpc) is 3.42. The number of aliphatic hydroxyl groups is 2. The monoisotopic (exact) mass is 912 g/mol.